The Balaban J connectivity index is 1.59. The molecule has 4 atom stereocenters. The van der Waals surface area contributed by atoms with Gasteiger partial charge in [-0.3, -0.25) is 18.7 Å². The van der Waals surface area contributed by atoms with Crippen molar-refractivity contribution in [2.75, 3.05) is 36.4 Å². The molecule has 3 aromatic carbocycles. The monoisotopic (exact) mass is 592 g/mol. The summed E-state index contributed by atoms with van der Waals surface area (Å²) in [5, 5.41) is 11.8. The predicted octanol–water partition coefficient (Wildman–Crippen LogP) is 3.07. The fraction of sp³-hybridized carbons (Fsp3) is 0.323. The van der Waals surface area contributed by atoms with Gasteiger partial charge in [-0.1, -0.05) is 42.5 Å². The molecule has 0 aliphatic heterocycles. The molecule has 0 radical (unpaired) electrons. The number of rotatable bonds is 13. The van der Waals surface area contributed by atoms with Crippen molar-refractivity contribution in [3.8, 4) is 0 Å². The van der Waals surface area contributed by atoms with Gasteiger partial charge in [0.15, 0.2) is 0 Å². The molecule has 6 N–H and O–H groups in total. The lowest BCUT2D eigenvalue weighted by Gasteiger charge is -2.20. The van der Waals surface area contributed by atoms with Gasteiger partial charge in [0.05, 0.1) is 23.8 Å². The molecule has 0 aliphatic carbocycles. The van der Waals surface area contributed by atoms with E-state index < -0.39 is 22.9 Å². The zero-order valence-electron chi connectivity index (χ0n) is 24.6. The molecule has 3 aromatic rings. The second-order valence-corrected chi connectivity index (χ2v) is 11.5. The smallest absolute Gasteiger partial charge is 0.251 e. The minimum Gasteiger partial charge on any atom is -0.399 e. The van der Waals surface area contributed by atoms with Gasteiger partial charge in [0, 0.05) is 43.2 Å². The minimum atomic E-state index is -1.36. The average Bonchev–Trinajstić information content (AvgIpc) is 2.98. The van der Waals surface area contributed by atoms with Crippen LogP contribution in [0.2, 0.25) is 0 Å². The second kappa shape index (κ2) is 15.1. The van der Waals surface area contributed by atoms with Crippen molar-refractivity contribution in [1.82, 2.24) is 21.3 Å². The summed E-state index contributed by atoms with van der Waals surface area (Å²) in [5.74, 6) is -0.922. The highest BCUT2D eigenvalue weighted by Gasteiger charge is 2.19. The molecule has 0 saturated heterocycles. The van der Waals surface area contributed by atoms with E-state index in [1.807, 2.05) is 56.3 Å². The molecule has 0 fully saturated rings. The third-order valence-corrected chi connectivity index (χ3v) is 7.87. The van der Waals surface area contributed by atoms with Gasteiger partial charge in [-0.05, 0) is 62.2 Å². The zero-order valence-corrected chi connectivity index (χ0v) is 25.5. The molecule has 3 rings (SSSR count). The van der Waals surface area contributed by atoms with Crippen LogP contribution in [-0.4, -0.2) is 54.4 Å². The van der Waals surface area contributed by atoms with Gasteiger partial charge in [-0.15, -0.1) is 0 Å². The predicted molar refractivity (Wildman–Crippen MR) is 168 cm³/mol. The molecule has 11 heteroatoms. The lowest BCUT2D eigenvalue weighted by atomic mass is 10.1. The third-order valence-electron chi connectivity index (χ3n) is 6.89. The summed E-state index contributed by atoms with van der Waals surface area (Å²) in [6.45, 7) is 6.11. The van der Waals surface area contributed by atoms with E-state index in [0.29, 0.717) is 17.9 Å². The normalized spacial score (nSPS) is 13.7. The van der Waals surface area contributed by atoms with E-state index in [1.54, 1.807) is 38.2 Å². The van der Waals surface area contributed by atoms with Crippen molar-refractivity contribution in [3.05, 3.63) is 95.1 Å². The Bertz CT molecular complexity index is 1400. The van der Waals surface area contributed by atoms with Gasteiger partial charge < -0.3 is 27.0 Å². The van der Waals surface area contributed by atoms with Crippen molar-refractivity contribution in [1.29, 1.82) is 0 Å². The van der Waals surface area contributed by atoms with Gasteiger partial charge in [0.1, 0.15) is 11.0 Å². The molecule has 0 aromatic heterocycles. The van der Waals surface area contributed by atoms with Crippen molar-refractivity contribution in [2.24, 2.45) is 0 Å². The van der Waals surface area contributed by atoms with E-state index in [9.17, 15) is 18.6 Å². The maximum atomic E-state index is 13.1. The molecule has 0 bridgehead atoms. The van der Waals surface area contributed by atoms with Gasteiger partial charge in [0.2, 0.25) is 5.91 Å². The number of benzene rings is 3. The number of amides is 3. The van der Waals surface area contributed by atoms with Gasteiger partial charge in [0.25, 0.3) is 11.8 Å². The largest absolute Gasteiger partial charge is 0.399 e. The summed E-state index contributed by atoms with van der Waals surface area (Å²) >= 11 is 0. The van der Waals surface area contributed by atoms with Crippen LogP contribution in [0.25, 0.3) is 0 Å². The number of hydrogen-bond donors (Lipinski definition) is 5. The van der Waals surface area contributed by atoms with Gasteiger partial charge in [-0.25, -0.2) is 4.21 Å². The molecule has 0 spiro atoms. The Kier molecular flexibility index (Phi) is 11.6. The first kappa shape index (κ1) is 32.3. The molecule has 3 amide bonds. The Morgan fingerprint density at radius 3 is 2.00 bits per heavy atom. The Labute approximate surface area is 250 Å². The quantitative estimate of drug-likeness (QED) is 0.152. The van der Waals surface area contributed by atoms with E-state index in [1.165, 1.54) is 16.6 Å². The first-order chi connectivity index (χ1) is 20.0. The van der Waals surface area contributed by atoms with Crippen LogP contribution in [0.3, 0.4) is 0 Å². The molecule has 0 saturated carbocycles. The second-order valence-electron chi connectivity index (χ2n) is 10.1. The minimum absolute atomic E-state index is 0.172. The lowest BCUT2D eigenvalue weighted by molar-refractivity contribution is -0.123. The molecule has 0 aliphatic rings. The number of nitrogens with two attached hydrogens (primary N) is 1. The summed E-state index contributed by atoms with van der Waals surface area (Å²) in [6.07, 6.45) is 1.52. The van der Waals surface area contributed by atoms with Gasteiger partial charge in [-0.2, -0.15) is 0 Å². The van der Waals surface area contributed by atoms with Crippen LogP contribution in [0.4, 0.5) is 11.4 Å². The number of nitrogen functional groups attached to an aromatic ring is 1. The number of carbonyl (C=O) groups is 3. The van der Waals surface area contributed by atoms with Crippen molar-refractivity contribution in [2.45, 2.75) is 38.9 Å². The summed E-state index contributed by atoms with van der Waals surface area (Å²) in [5.41, 5.74) is 9.28. The van der Waals surface area contributed by atoms with E-state index in [2.05, 4.69) is 21.3 Å². The maximum absolute atomic E-state index is 13.1. The molecule has 224 valence electrons. The summed E-state index contributed by atoms with van der Waals surface area (Å²) in [7, 11) is 0.268. The van der Waals surface area contributed by atoms with Crippen LogP contribution in [0.5, 0.6) is 0 Å². The van der Waals surface area contributed by atoms with E-state index >= 15 is 0 Å². The topological polar surface area (TPSA) is 146 Å². The molecule has 1 unspecified atom stereocenters. The highest BCUT2D eigenvalue weighted by molar-refractivity contribution is 7.85. The van der Waals surface area contributed by atoms with Crippen LogP contribution in [0.1, 0.15) is 64.7 Å². The first-order valence-corrected chi connectivity index (χ1v) is 15.2. The Morgan fingerprint density at radius 2 is 1.38 bits per heavy atom. The van der Waals surface area contributed by atoms with Crippen molar-refractivity contribution >= 4 is 40.1 Å². The zero-order chi connectivity index (χ0) is 30.8. The van der Waals surface area contributed by atoms with Crippen molar-refractivity contribution in [3.63, 3.8) is 0 Å². The van der Waals surface area contributed by atoms with E-state index in [4.69, 9.17) is 5.73 Å². The first-order valence-electron chi connectivity index (χ1n) is 13.7. The van der Waals surface area contributed by atoms with E-state index in [-0.39, 0.29) is 41.6 Å². The van der Waals surface area contributed by atoms with Gasteiger partial charge >= 0.3 is 0 Å². The fourth-order valence-electron chi connectivity index (χ4n) is 4.17. The van der Waals surface area contributed by atoms with E-state index in [0.717, 1.165) is 11.1 Å². The number of hydrogen-bond acceptors (Lipinski definition) is 6. The van der Waals surface area contributed by atoms with Crippen molar-refractivity contribution < 1.29 is 18.6 Å². The summed E-state index contributed by atoms with van der Waals surface area (Å²) in [4.78, 5) is 38.8. The summed E-state index contributed by atoms with van der Waals surface area (Å²) in [6, 6.07) is 20.7. The molecule has 42 heavy (non-hydrogen) atoms. The highest BCUT2D eigenvalue weighted by Crippen LogP contribution is 2.21. The third kappa shape index (κ3) is 9.15. The fourth-order valence-corrected chi connectivity index (χ4v) is 4.58. The SMILES string of the molecule is C[C@H](NCCNC(=O)c1cc(C(=O)N[C@H](C)c2ccccc2)cc(N(C)S(C)=O)c1)C(=O)N[C@H](C)c1ccc(N)cc1. The Morgan fingerprint density at radius 1 is 0.810 bits per heavy atom. The number of nitrogens with one attached hydrogen (secondary N) is 4. The van der Waals surface area contributed by atoms with Crippen LogP contribution in [0.15, 0.2) is 72.8 Å². The molecular weight excluding hydrogens is 552 g/mol. The number of carbonyl (C=O) groups excluding carboxylic acids is 3. The lowest BCUT2D eigenvalue weighted by Crippen LogP contribution is -2.45. The molecule has 10 nitrogen and oxygen atoms in total. The summed E-state index contributed by atoms with van der Waals surface area (Å²) < 4.78 is 13.6. The number of anilines is 2. The van der Waals surface area contributed by atoms with Crippen LogP contribution in [-0.2, 0) is 15.8 Å². The van der Waals surface area contributed by atoms with Crippen LogP contribution >= 0.6 is 0 Å². The average molecular weight is 593 g/mol. The molecule has 0 heterocycles. The highest BCUT2D eigenvalue weighted by atomic mass is 32.2. The maximum Gasteiger partial charge on any atom is 0.251 e. The Hall–Kier alpha value is -4.22. The standard InChI is InChI=1S/C31H40N6O4S/c1-20(23-9-7-6-8-10-23)36-31(40)26-17-25(18-28(19-26)37(4)42(5)41)30(39)34-16-15-33-22(3)29(38)35-21(2)24-11-13-27(32)14-12-24/h6-14,17-22,33H,15-16,32H2,1-5H3,(H,34,39)(H,35,38)(H,36,40)/t20-,21-,22+,42?/m1/s1. The number of nitrogens with zero attached hydrogens (tertiary/aromatic N) is 1. The molecular formula is C31H40N6O4S. The van der Waals surface area contributed by atoms with Crippen LogP contribution in [0, 0.1) is 0 Å². The van der Waals surface area contributed by atoms with Crippen LogP contribution < -0.4 is 31.3 Å².